The molecule has 3 nitrogen and oxygen atoms in total. The number of hydrogen-bond donors (Lipinski definition) is 2. The zero-order chi connectivity index (χ0) is 13.7. The van der Waals surface area contributed by atoms with Gasteiger partial charge in [-0.05, 0) is 29.3 Å². The van der Waals surface area contributed by atoms with Gasteiger partial charge in [0.15, 0.2) is 0 Å². The molecule has 0 unspecified atom stereocenters. The third kappa shape index (κ3) is 3.34. The Kier molecular flexibility index (Phi) is 4.55. The highest BCUT2D eigenvalue weighted by atomic mass is 35.5. The molecule has 0 radical (unpaired) electrons. The maximum Gasteiger partial charge on any atom is 0.255 e. The predicted octanol–water partition coefficient (Wildman–Crippen LogP) is 3.14. The molecule has 0 aliphatic carbocycles. The van der Waals surface area contributed by atoms with Gasteiger partial charge in [-0.15, -0.1) is 11.6 Å². The summed E-state index contributed by atoms with van der Waals surface area (Å²) in [5, 5.41) is 2.86. The zero-order valence-electron chi connectivity index (χ0n) is 10.4. The summed E-state index contributed by atoms with van der Waals surface area (Å²) in [6, 6.07) is 14.7. The molecule has 0 atom stereocenters. The van der Waals surface area contributed by atoms with Crippen LogP contribution in [0.4, 0.5) is 5.69 Å². The number of carbonyl (C=O) groups excluding carboxylic acids is 1. The summed E-state index contributed by atoms with van der Waals surface area (Å²) in [4.78, 5) is 12.1. The van der Waals surface area contributed by atoms with Gasteiger partial charge in [0.05, 0.1) is 0 Å². The molecule has 2 rings (SSSR count). The molecular weight excluding hydrogens is 260 g/mol. The summed E-state index contributed by atoms with van der Waals surface area (Å²) < 4.78 is 0. The maximum atomic E-state index is 12.1. The lowest BCUT2D eigenvalue weighted by atomic mass is 10.1. The molecule has 3 N–H and O–H groups in total. The van der Waals surface area contributed by atoms with Gasteiger partial charge in [-0.3, -0.25) is 4.79 Å². The van der Waals surface area contributed by atoms with Crippen LogP contribution in [0.3, 0.4) is 0 Å². The van der Waals surface area contributed by atoms with E-state index in [1.54, 1.807) is 12.1 Å². The van der Waals surface area contributed by atoms with E-state index in [1.165, 1.54) is 0 Å². The number of anilines is 1. The van der Waals surface area contributed by atoms with Gasteiger partial charge < -0.3 is 11.1 Å². The summed E-state index contributed by atoms with van der Waals surface area (Å²) in [5.74, 6) is 0.291. The van der Waals surface area contributed by atoms with Crippen molar-refractivity contribution < 1.29 is 4.79 Å². The first-order valence-electron chi connectivity index (χ1n) is 5.99. The Morgan fingerprint density at radius 1 is 1.11 bits per heavy atom. The second-order valence-corrected chi connectivity index (χ2v) is 4.41. The SMILES string of the molecule is NCc1ccccc1NC(=O)c1ccc(CCl)cc1. The van der Waals surface area contributed by atoms with Crippen LogP contribution in [0.5, 0.6) is 0 Å². The van der Waals surface area contributed by atoms with E-state index in [2.05, 4.69) is 5.32 Å². The number of nitrogens with one attached hydrogen (secondary N) is 1. The monoisotopic (exact) mass is 274 g/mol. The number of rotatable bonds is 4. The second kappa shape index (κ2) is 6.36. The van der Waals surface area contributed by atoms with E-state index in [1.807, 2.05) is 36.4 Å². The third-order valence-electron chi connectivity index (χ3n) is 2.86. The number of nitrogens with two attached hydrogens (primary N) is 1. The molecule has 0 aliphatic rings. The topological polar surface area (TPSA) is 55.1 Å². The molecule has 98 valence electrons. The summed E-state index contributed by atoms with van der Waals surface area (Å²) in [6.45, 7) is 0.391. The van der Waals surface area contributed by atoms with Crippen molar-refractivity contribution in [2.45, 2.75) is 12.4 Å². The highest BCUT2D eigenvalue weighted by Gasteiger charge is 2.08. The number of alkyl halides is 1. The molecule has 2 aromatic rings. The molecular formula is C15H15ClN2O. The van der Waals surface area contributed by atoms with E-state index in [4.69, 9.17) is 17.3 Å². The minimum Gasteiger partial charge on any atom is -0.326 e. The quantitative estimate of drug-likeness (QED) is 0.842. The van der Waals surface area contributed by atoms with Crippen molar-refractivity contribution in [2.75, 3.05) is 5.32 Å². The average Bonchev–Trinajstić information content (AvgIpc) is 2.48. The third-order valence-corrected chi connectivity index (χ3v) is 3.16. The van der Waals surface area contributed by atoms with Gasteiger partial charge in [-0.2, -0.15) is 0 Å². The van der Waals surface area contributed by atoms with Crippen LogP contribution in [0, 0.1) is 0 Å². The Bertz CT molecular complexity index is 567. The number of hydrogen-bond acceptors (Lipinski definition) is 2. The second-order valence-electron chi connectivity index (χ2n) is 4.15. The minimum absolute atomic E-state index is 0.151. The molecule has 2 aromatic carbocycles. The molecule has 0 aromatic heterocycles. The van der Waals surface area contributed by atoms with E-state index in [-0.39, 0.29) is 5.91 Å². The highest BCUT2D eigenvalue weighted by Crippen LogP contribution is 2.16. The number of benzene rings is 2. The first-order chi connectivity index (χ1) is 9.24. The van der Waals surface area contributed by atoms with Crippen LogP contribution in [0.1, 0.15) is 21.5 Å². The van der Waals surface area contributed by atoms with E-state index in [0.717, 1.165) is 16.8 Å². The van der Waals surface area contributed by atoms with Crippen molar-refractivity contribution in [3.8, 4) is 0 Å². The van der Waals surface area contributed by atoms with Gasteiger partial charge in [-0.25, -0.2) is 0 Å². The molecule has 0 saturated carbocycles. The van der Waals surface area contributed by atoms with Crippen LogP contribution in [0.25, 0.3) is 0 Å². The Labute approximate surface area is 117 Å². The fourth-order valence-corrected chi connectivity index (χ4v) is 1.94. The van der Waals surface area contributed by atoms with E-state index >= 15 is 0 Å². The standard InChI is InChI=1S/C15H15ClN2O/c16-9-11-5-7-12(8-6-11)15(19)18-14-4-2-1-3-13(14)10-17/h1-8H,9-10,17H2,(H,18,19). The van der Waals surface area contributed by atoms with Gasteiger partial charge >= 0.3 is 0 Å². The minimum atomic E-state index is -0.151. The molecule has 1 amide bonds. The Morgan fingerprint density at radius 2 is 1.79 bits per heavy atom. The van der Waals surface area contributed by atoms with Crippen LogP contribution in [0.15, 0.2) is 48.5 Å². The molecule has 0 saturated heterocycles. The smallest absolute Gasteiger partial charge is 0.255 e. The van der Waals surface area contributed by atoms with Gasteiger partial charge in [0, 0.05) is 23.7 Å². The molecule has 0 aliphatic heterocycles. The lowest BCUT2D eigenvalue weighted by Gasteiger charge is -2.09. The van der Waals surface area contributed by atoms with Crippen LogP contribution in [0.2, 0.25) is 0 Å². The van der Waals surface area contributed by atoms with Crippen LogP contribution < -0.4 is 11.1 Å². The van der Waals surface area contributed by atoms with Crippen LogP contribution >= 0.6 is 11.6 Å². The van der Waals surface area contributed by atoms with Crippen molar-refractivity contribution in [3.05, 3.63) is 65.2 Å². The number of amides is 1. The summed E-state index contributed by atoms with van der Waals surface area (Å²) in [6.07, 6.45) is 0. The summed E-state index contributed by atoms with van der Waals surface area (Å²) >= 11 is 5.71. The Balaban J connectivity index is 2.16. The normalized spacial score (nSPS) is 10.2. The van der Waals surface area contributed by atoms with Crippen molar-refractivity contribution in [2.24, 2.45) is 5.73 Å². The van der Waals surface area contributed by atoms with Crippen LogP contribution in [-0.2, 0) is 12.4 Å². The fraction of sp³-hybridized carbons (Fsp3) is 0.133. The molecule has 19 heavy (non-hydrogen) atoms. The highest BCUT2D eigenvalue weighted by molar-refractivity contribution is 6.17. The predicted molar refractivity (Wildman–Crippen MR) is 78.3 cm³/mol. The van der Waals surface area contributed by atoms with E-state index in [0.29, 0.717) is 18.0 Å². The summed E-state index contributed by atoms with van der Waals surface area (Å²) in [5.41, 5.74) is 8.88. The number of para-hydroxylation sites is 1. The maximum absolute atomic E-state index is 12.1. The number of carbonyl (C=O) groups is 1. The fourth-order valence-electron chi connectivity index (χ4n) is 1.76. The van der Waals surface area contributed by atoms with E-state index in [9.17, 15) is 4.79 Å². The van der Waals surface area contributed by atoms with Gasteiger partial charge in [0.1, 0.15) is 0 Å². The number of halogens is 1. The summed E-state index contributed by atoms with van der Waals surface area (Å²) in [7, 11) is 0. The lowest BCUT2D eigenvalue weighted by Crippen LogP contribution is -2.14. The van der Waals surface area contributed by atoms with Crippen molar-refractivity contribution in [1.29, 1.82) is 0 Å². The largest absolute Gasteiger partial charge is 0.326 e. The molecule has 0 spiro atoms. The Morgan fingerprint density at radius 3 is 2.42 bits per heavy atom. The van der Waals surface area contributed by atoms with Crippen molar-refractivity contribution >= 4 is 23.2 Å². The average molecular weight is 275 g/mol. The van der Waals surface area contributed by atoms with Gasteiger partial charge in [0.2, 0.25) is 0 Å². The molecule has 0 heterocycles. The first-order valence-corrected chi connectivity index (χ1v) is 6.52. The van der Waals surface area contributed by atoms with Crippen molar-refractivity contribution in [3.63, 3.8) is 0 Å². The lowest BCUT2D eigenvalue weighted by molar-refractivity contribution is 0.102. The molecule has 4 heteroatoms. The van der Waals surface area contributed by atoms with Crippen molar-refractivity contribution in [1.82, 2.24) is 0 Å². The van der Waals surface area contributed by atoms with E-state index < -0.39 is 0 Å². The van der Waals surface area contributed by atoms with Gasteiger partial charge in [-0.1, -0.05) is 30.3 Å². The first kappa shape index (κ1) is 13.6. The van der Waals surface area contributed by atoms with Crippen LogP contribution in [-0.4, -0.2) is 5.91 Å². The van der Waals surface area contributed by atoms with Gasteiger partial charge in [0.25, 0.3) is 5.91 Å². The Hall–Kier alpha value is -1.84. The zero-order valence-corrected chi connectivity index (χ0v) is 11.2. The molecule has 0 fully saturated rings. The molecule has 0 bridgehead atoms.